The van der Waals surface area contributed by atoms with Gasteiger partial charge in [0.2, 0.25) is 21.1 Å². The van der Waals surface area contributed by atoms with Gasteiger partial charge in [0.05, 0.1) is 22.4 Å². The Hall–Kier alpha value is -2.60. The van der Waals surface area contributed by atoms with E-state index in [4.69, 9.17) is 16.3 Å². The van der Waals surface area contributed by atoms with Gasteiger partial charge >= 0.3 is 0 Å². The molecule has 36 heavy (non-hydrogen) atoms. The van der Waals surface area contributed by atoms with E-state index in [2.05, 4.69) is 20.5 Å². The van der Waals surface area contributed by atoms with Crippen LogP contribution in [0.15, 0.2) is 58.6 Å². The highest BCUT2D eigenvalue weighted by Gasteiger charge is 2.33. The SMILES string of the molecule is CCOc1ccc(S(=O)(=O)N2CCCC(C(=O)NCCSc3n[nH]c(-c4ccccc4)n3)C2)cc1Cl. The third-order valence-corrected chi connectivity index (χ3v) is 8.75. The van der Waals surface area contributed by atoms with Crippen LogP contribution in [0.25, 0.3) is 11.4 Å². The summed E-state index contributed by atoms with van der Waals surface area (Å²) in [6.45, 7) is 3.18. The number of rotatable bonds is 10. The van der Waals surface area contributed by atoms with Crippen molar-refractivity contribution in [2.24, 2.45) is 5.92 Å². The summed E-state index contributed by atoms with van der Waals surface area (Å²) in [6, 6.07) is 14.2. The molecule has 2 aromatic carbocycles. The summed E-state index contributed by atoms with van der Waals surface area (Å²) in [4.78, 5) is 17.3. The predicted molar refractivity (Wildman–Crippen MR) is 140 cm³/mol. The summed E-state index contributed by atoms with van der Waals surface area (Å²) >= 11 is 7.63. The number of benzene rings is 2. The summed E-state index contributed by atoms with van der Waals surface area (Å²) in [5.41, 5.74) is 0.953. The number of nitrogens with zero attached hydrogens (tertiary/aromatic N) is 3. The van der Waals surface area contributed by atoms with Crippen molar-refractivity contribution in [2.75, 3.05) is 32.0 Å². The number of hydrogen-bond acceptors (Lipinski definition) is 7. The third kappa shape index (κ3) is 6.39. The molecule has 2 N–H and O–H groups in total. The molecule has 0 radical (unpaired) electrons. The third-order valence-electron chi connectivity index (χ3n) is 5.74. The van der Waals surface area contributed by atoms with Crippen LogP contribution in [0, 0.1) is 5.92 Å². The molecule has 1 saturated heterocycles. The summed E-state index contributed by atoms with van der Waals surface area (Å²) in [7, 11) is -3.78. The average molecular weight is 550 g/mol. The molecule has 0 saturated carbocycles. The minimum atomic E-state index is -3.78. The highest BCUT2D eigenvalue weighted by atomic mass is 35.5. The van der Waals surface area contributed by atoms with E-state index in [1.54, 1.807) is 6.07 Å². The number of thioether (sulfide) groups is 1. The molecule has 1 aliphatic heterocycles. The van der Waals surface area contributed by atoms with Crippen molar-refractivity contribution in [3.8, 4) is 17.1 Å². The van der Waals surface area contributed by atoms with Gasteiger partial charge in [0.15, 0.2) is 5.82 Å². The first-order valence-corrected chi connectivity index (χ1v) is 14.5. The van der Waals surface area contributed by atoms with Crippen LogP contribution in [0.2, 0.25) is 5.02 Å². The quantitative estimate of drug-likeness (QED) is 0.291. The van der Waals surface area contributed by atoms with E-state index in [0.29, 0.717) is 55.0 Å². The molecule has 192 valence electrons. The van der Waals surface area contributed by atoms with Crippen molar-refractivity contribution < 1.29 is 17.9 Å². The van der Waals surface area contributed by atoms with Crippen LogP contribution in [0.3, 0.4) is 0 Å². The van der Waals surface area contributed by atoms with Crippen molar-refractivity contribution in [1.82, 2.24) is 24.8 Å². The van der Waals surface area contributed by atoms with Gasteiger partial charge in [0, 0.05) is 31.0 Å². The molecule has 2 heterocycles. The van der Waals surface area contributed by atoms with E-state index in [9.17, 15) is 13.2 Å². The number of aromatic amines is 1. The molecule has 1 unspecified atom stereocenters. The first-order chi connectivity index (χ1) is 17.4. The number of sulfonamides is 1. The van der Waals surface area contributed by atoms with E-state index >= 15 is 0 Å². The van der Waals surface area contributed by atoms with Crippen LogP contribution in [-0.4, -0.2) is 65.8 Å². The fraction of sp³-hybridized carbons (Fsp3) is 0.375. The number of aromatic nitrogens is 3. The lowest BCUT2D eigenvalue weighted by molar-refractivity contribution is -0.125. The summed E-state index contributed by atoms with van der Waals surface area (Å²) in [6.07, 6.45) is 1.24. The second kappa shape index (κ2) is 12.1. The maximum Gasteiger partial charge on any atom is 0.243 e. The summed E-state index contributed by atoms with van der Waals surface area (Å²) < 4.78 is 33.1. The molecular formula is C24H28ClN5O4S2. The standard InChI is InChI=1S/C24H28ClN5O4S2/c1-2-34-21-11-10-19(15-20(21)25)36(32,33)30-13-6-9-18(16-30)23(31)26-12-14-35-24-27-22(28-29-24)17-7-4-3-5-8-17/h3-5,7-8,10-11,15,18H,2,6,9,12-14,16H2,1H3,(H,26,31)(H,27,28,29). The highest BCUT2D eigenvalue weighted by Crippen LogP contribution is 2.30. The lowest BCUT2D eigenvalue weighted by Crippen LogP contribution is -2.45. The average Bonchev–Trinajstić information content (AvgIpc) is 3.37. The van der Waals surface area contributed by atoms with Crippen LogP contribution >= 0.6 is 23.4 Å². The zero-order valence-electron chi connectivity index (χ0n) is 19.8. The van der Waals surface area contributed by atoms with E-state index in [1.807, 2.05) is 37.3 Å². The van der Waals surface area contributed by atoms with Crippen molar-refractivity contribution in [3.05, 3.63) is 53.6 Å². The van der Waals surface area contributed by atoms with Crippen LogP contribution in [-0.2, 0) is 14.8 Å². The predicted octanol–water partition coefficient (Wildman–Crippen LogP) is 3.83. The number of H-pyrrole nitrogens is 1. The number of amides is 1. The molecule has 1 aliphatic rings. The van der Waals surface area contributed by atoms with Gasteiger partial charge < -0.3 is 10.1 Å². The Morgan fingerprint density at radius 2 is 2.08 bits per heavy atom. The molecule has 1 atom stereocenters. The van der Waals surface area contributed by atoms with Gasteiger partial charge in [-0.15, -0.1) is 5.10 Å². The molecule has 0 aliphatic carbocycles. The number of ether oxygens (including phenoxy) is 1. The van der Waals surface area contributed by atoms with Crippen LogP contribution in [0.1, 0.15) is 19.8 Å². The molecule has 12 heteroatoms. The Morgan fingerprint density at radius 1 is 1.28 bits per heavy atom. The van der Waals surface area contributed by atoms with Gasteiger partial charge in [0.25, 0.3) is 0 Å². The van der Waals surface area contributed by atoms with Crippen LogP contribution in [0.4, 0.5) is 0 Å². The molecule has 0 bridgehead atoms. The molecule has 9 nitrogen and oxygen atoms in total. The second-order valence-corrected chi connectivity index (χ2v) is 11.6. The van der Waals surface area contributed by atoms with Crippen molar-refractivity contribution in [3.63, 3.8) is 0 Å². The molecule has 4 rings (SSSR count). The number of piperidine rings is 1. The Bertz CT molecular complexity index is 1290. The normalized spacial score (nSPS) is 16.6. The smallest absolute Gasteiger partial charge is 0.243 e. The Labute approximate surface area is 220 Å². The Morgan fingerprint density at radius 3 is 2.83 bits per heavy atom. The fourth-order valence-corrected chi connectivity index (χ4v) is 6.44. The minimum Gasteiger partial charge on any atom is -0.492 e. The van der Waals surface area contributed by atoms with Crippen molar-refractivity contribution >= 4 is 39.3 Å². The number of hydrogen-bond donors (Lipinski definition) is 2. The monoisotopic (exact) mass is 549 g/mol. The molecule has 1 fully saturated rings. The lowest BCUT2D eigenvalue weighted by Gasteiger charge is -2.31. The molecule has 3 aromatic rings. The summed E-state index contributed by atoms with van der Waals surface area (Å²) in [5.74, 6) is 1.16. The lowest BCUT2D eigenvalue weighted by atomic mass is 9.99. The van der Waals surface area contributed by atoms with E-state index in [-0.39, 0.29) is 22.4 Å². The first kappa shape index (κ1) is 26.5. The van der Waals surface area contributed by atoms with E-state index < -0.39 is 15.9 Å². The highest BCUT2D eigenvalue weighted by molar-refractivity contribution is 7.99. The molecule has 1 aromatic heterocycles. The van der Waals surface area contributed by atoms with Gasteiger partial charge in [-0.05, 0) is 38.0 Å². The number of carbonyl (C=O) groups is 1. The maximum absolute atomic E-state index is 13.2. The van der Waals surface area contributed by atoms with Gasteiger partial charge in [-0.1, -0.05) is 53.7 Å². The minimum absolute atomic E-state index is 0.0924. The molecular weight excluding hydrogens is 522 g/mol. The zero-order chi connectivity index (χ0) is 25.5. The Kier molecular flexibility index (Phi) is 8.89. The number of carbonyl (C=O) groups excluding carboxylic acids is 1. The van der Waals surface area contributed by atoms with Gasteiger partial charge in [-0.25, -0.2) is 13.4 Å². The van der Waals surface area contributed by atoms with Crippen molar-refractivity contribution in [1.29, 1.82) is 0 Å². The summed E-state index contributed by atoms with van der Waals surface area (Å²) in [5, 5.41) is 10.9. The van der Waals surface area contributed by atoms with Gasteiger partial charge in [-0.2, -0.15) is 4.31 Å². The Balaban J connectivity index is 1.28. The first-order valence-electron chi connectivity index (χ1n) is 11.7. The maximum atomic E-state index is 13.2. The molecule has 0 spiro atoms. The largest absolute Gasteiger partial charge is 0.492 e. The second-order valence-electron chi connectivity index (χ2n) is 8.20. The van der Waals surface area contributed by atoms with Gasteiger partial charge in [0.1, 0.15) is 5.75 Å². The van der Waals surface area contributed by atoms with Crippen molar-refractivity contribution in [2.45, 2.75) is 29.8 Å². The van der Waals surface area contributed by atoms with E-state index in [1.165, 1.54) is 28.2 Å². The number of nitrogens with one attached hydrogen (secondary N) is 2. The van der Waals surface area contributed by atoms with E-state index in [0.717, 1.165) is 5.56 Å². The fourth-order valence-electron chi connectivity index (χ4n) is 3.94. The molecule has 1 amide bonds. The topological polar surface area (TPSA) is 117 Å². The number of halogens is 1. The zero-order valence-corrected chi connectivity index (χ0v) is 22.2. The van der Waals surface area contributed by atoms with Crippen LogP contribution in [0.5, 0.6) is 5.75 Å². The van der Waals surface area contributed by atoms with Gasteiger partial charge in [-0.3, -0.25) is 9.89 Å². The van der Waals surface area contributed by atoms with Crippen LogP contribution < -0.4 is 10.1 Å².